The summed E-state index contributed by atoms with van der Waals surface area (Å²) in [5.74, 6) is 1.90. The molecule has 2 nitrogen and oxygen atoms in total. The van der Waals surface area contributed by atoms with Gasteiger partial charge in [0.1, 0.15) is 11.5 Å². The zero-order valence-electron chi connectivity index (χ0n) is 31.7. The minimum absolute atomic E-state index is 0.447. The van der Waals surface area contributed by atoms with Crippen molar-refractivity contribution in [3.05, 3.63) is 247 Å². The predicted molar refractivity (Wildman–Crippen MR) is 242 cm³/mol. The first-order valence-corrected chi connectivity index (χ1v) is 22.1. The number of ether oxygens (including phenoxy) is 1. The molecule has 1 aliphatic heterocycles. The fraction of sp³-hybridized carbons (Fsp3) is 0.0182. The molecule has 0 unspecified atom stereocenters. The van der Waals surface area contributed by atoms with Gasteiger partial charge in [0.15, 0.2) is 8.07 Å². The van der Waals surface area contributed by atoms with Gasteiger partial charge in [0.2, 0.25) is 0 Å². The van der Waals surface area contributed by atoms with Crippen LogP contribution in [0.15, 0.2) is 224 Å². The summed E-state index contributed by atoms with van der Waals surface area (Å²) in [7, 11) is -2.81. The lowest BCUT2D eigenvalue weighted by Crippen LogP contribution is -2.76. The second kappa shape index (κ2) is 12.7. The Hall–Kier alpha value is -7.20. The van der Waals surface area contributed by atoms with Gasteiger partial charge in [-0.2, -0.15) is 0 Å². The summed E-state index contributed by atoms with van der Waals surface area (Å²) in [5, 5.41) is 7.58. The van der Waals surface area contributed by atoms with Crippen LogP contribution < -0.4 is 25.5 Å². The van der Waals surface area contributed by atoms with Crippen molar-refractivity contribution in [2.75, 3.05) is 0 Å². The summed E-state index contributed by atoms with van der Waals surface area (Å²) < 4.78 is 9.61. The molecule has 3 heteroatoms. The van der Waals surface area contributed by atoms with Gasteiger partial charge in [0.25, 0.3) is 0 Å². The molecule has 2 heterocycles. The minimum Gasteiger partial charge on any atom is -0.457 e. The third kappa shape index (κ3) is 4.37. The Kier molecular flexibility index (Phi) is 7.20. The van der Waals surface area contributed by atoms with E-state index in [1.165, 1.54) is 59.5 Å². The lowest BCUT2D eigenvalue weighted by molar-refractivity contribution is 0.493. The highest BCUT2D eigenvalue weighted by molar-refractivity contribution is 7.21. The zero-order valence-corrected chi connectivity index (χ0v) is 32.7. The molecule has 0 N–H and O–H groups in total. The van der Waals surface area contributed by atoms with E-state index in [1.54, 1.807) is 0 Å². The zero-order chi connectivity index (χ0) is 38.3. The summed E-state index contributed by atoms with van der Waals surface area (Å²) in [5.41, 5.74) is 10.7. The normalized spacial score (nSPS) is 14.3. The summed E-state index contributed by atoms with van der Waals surface area (Å²) >= 11 is 0. The van der Waals surface area contributed by atoms with Crippen LogP contribution in [0.1, 0.15) is 22.3 Å². The van der Waals surface area contributed by atoms with Crippen LogP contribution in [0.5, 0.6) is 11.5 Å². The van der Waals surface area contributed by atoms with Crippen LogP contribution in [0.2, 0.25) is 0 Å². The van der Waals surface area contributed by atoms with Gasteiger partial charge in [-0.1, -0.05) is 194 Å². The quantitative estimate of drug-likeness (QED) is 0.160. The molecule has 0 bridgehead atoms. The number of aromatic nitrogens is 1. The van der Waals surface area contributed by atoms with Crippen LogP contribution in [0.3, 0.4) is 0 Å². The van der Waals surface area contributed by atoms with E-state index in [2.05, 4.69) is 229 Å². The lowest BCUT2D eigenvalue weighted by atomic mass is 9.68. The molecule has 0 fully saturated rings. The van der Waals surface area contributed by atoms with Crippen molar-refractivity contribution in [2.45, 2.75) is 5.41 Å². The molecule has 0 saturated heterocycles. The highest BCUT2D eigenvalue weighted by Crippen LogP contribution is 2.56. The van der Waals surface area contributed by atoms with Crippen LogP contribution in [-0.2, 0) is 5.41 Å². The Bertz CT molecular complexity index is 3100. The van der Waals surface area contributed by atoms with Gasteiger partial charge in [0, 0.05) is 11.1 Å². The third-order valence-corrected chi connectivity index (χ3v) is 17.7. The average molecular weight is 756 g/mol. The maximum atomic E-state index is 7.18. The average Bonchev–Trinajstić information content (AvgIpc) is 3.80. The number of benzene rings is 9. The predicted octanol–water partition coefficient (Wildman–Crippen LogP) is 10.6. The molecule has 0 radical (unpaired) electrons. The van der Waals surface area contributed by atoms with E-state index >= 15 is 0 Å². The van der Waals surface area contributed by atoms with Gasteiger partial charge >= 0.3 is 0 Å². The molecule has 272 valence electrons. The van der Waals surface area contributed by atoms with E-state index in [0.717, 1.165) is 33.6 Å². The number of rotatable bonds is 5. The van der Waals surface area contributed by atoms with Crippen molar-refractivity contribution >= 4 is 50.6 Å². The SMILES string of the molecule is c1ccc(C2(c3ccc(-n4c5ccccc5c5c6c(ccc54)[Si](c4ccccc4)(c4ccccc4)c4ccccc4O6)cc3)c3ccccc3-c3ccccc32)cc1. The molecule has 0 saturated carbocycles. The molecule has 12 rings (SSSR count). The molecule has 0 amide bonds. The molecule has 9 aromatic carbocycles. The van der Waals surface area contributed by atoms with Crippen molar-refractivity contribution in [3.63, 3.8) is 0 Å². The third-order valence-electron chi connectivity index (χ3n) is 12.8. The van der Waals surface area contributed by atoms with Gasteiger partial charge in [-0.25, -0.2) is 0 Å². The monoisotopic (exact) mass is 755 g/mol. The molecular formula is C55H37NOSi. The van der Waals surface area contributed by atoms with Crippen molar-refractivity contribution in [1.29, 1.82) is 0 Å². The standard InChI is InChI=1S/C55H37NOSi/c1-4-18-38(19-5-1)55(46-27-13-10-24-43(46)44-25-11-14-28-47(44)55)39-32-34-40(35-33-39)56-48-29-15-12-26-45(48)53-49(56)36-37-52-54(53)57-50-30-16-17-31-51(50)58(52,41-20-6-2-7-21-41)42-22-8-3-9-23-42/h1-37H. The molecule has 1 aliphatic carbocycles. The van der Waals surface area contributed by atoms with E-state index in [4.69, 9.17) is 4.74 Å². The number of para-hydroxylation sites is 2. The fourth-order valence-electron chi connectivity index (χ4n) is 10.6. The number of hydrogen-bond acceptors (Lipinski definition) is 1. The van der Waals surface area contributed by atoms with Crippen molar-refractivity contribution in [2.24, 2.45) is 0 Å². The minimum atomic E-state index is -2.81. The molecule has 2 aliphatic rings. The van der Waals surface area contributed by atoms with Crippen molar-refractivity contribution in [1.82, 2.24) is 4.57 Å². The molecule has 0 spiro atoms. The molecule has 58 heavy (non-hydrogen) atoms. The largest absolute Gasteiger partial charge is 0.457 e. The smallest absolute Gasteiger partial charge is 0.188 e. The highest BCUT2D eigenvalue weighted by atomic mass is 28.3. The van der Waals surface area contributed by atoms with Crippen molar-refractivity contribution in [3.8, 4) is 28.3 Å². The lowest BCUT2D eigenvalue weighted by Gasteiger charge is -2.39. The summed E-state index contributed by atoms with van der Waals surface area (Å²) in [6.07, 6.45) is 0. The Morgan fingerprint density at radius 3 is 1.60 bits per heavy atom. The van der Waals surface area contributed by atoms with Gasteiger partial charge in [-0.05, 0) is 84.5 Å². The number of fused-ring (bicyclic) bond motifs is 9. The van der Waals surface area contributed by atoms with Crippen LogP contribution in [0.25, 0.3) is 38.6 Å². The molecule has 10 aromatic rings. The second-order valence-electron chi connectivity index (χ2n) is 15.5. The van der Waals surface area contributed by atoms with E-state index in [9.17, 15) is 0 Å². The second-order valence-corrected chi connectivity index (χ2v) is 19.3. The van der Waals surface area contributed by atoms with E-state index in [-0.39, 0.29) is 0 Å². The topological polar surface area (TPSA) is 14.2 Å². The molecule has 0 atom stereocenters. The van der Waals surface area contributed by atoms with Crippen LogP contribution in [0.4, 0.5) is 0 Å². The number of hydrogen-bond donors (Lipinski definition) is 0. The van der Waals surface area contributed by atoms with Crippen molar-refractivity contribution < 1.29 is 4.74 Å². The van der Waals surface area contributed by atoms with Gasteiger partial charge < -0.3 is 9.30 Å². The first-order valence-electron chi connectivity index (χ1n) is 20.1. The Balaban J connectivity index is 1.11. The van der Waals surface area contributed by atoms with Crippen LogP contribution >= 0.6 is 0 Å². The van der Waals surface area contributed by atoms with Gasteiger partial charge in [-0.3, -0.25) is 0 Å². The summed E-state index contributed by atoms with van der Waals surface area (Å²) in [4.78, 5) is 0. The summed E-state index contributed by atoms with van der Waals surface area (Å²) in [6.45, 7) is 0. The molecule has 1 aromatic heterocycles. The van der Waals surface area contributed by atoms with Crippen LogP contribution in [-0.4, -0.2) is 12.6 Å². The Morgan fingerprint density at radius 2 is 0.931 bits per heavy atom. The first-order chi connectivity index (χ1) is 28.8. The van der Waals surface area contributed by atoms with E-state index < -0.39 is 13.5 Å². The van der Waals surface area contributed by atoms with Gasteiger partial charge in [-0.15, -0.1) is 0 Å². The number of nitrogens with zero attached hydrogens (tertiary/aromatic N) is 1. The van der Waals surface area contributed by atoms with Crippen LogP contribution in [0, 0.1) is 0 Å². The maximum absolute atomic E-state index is 7.18. The Morgan fingerprint density at radius 1 is 0.397 bits per heavy atom. The summed E-state index contributed by atoms with van der Waals surface area (Å²) in [6, 6.07) is 82.8. The Labute approximate surface area is 338 Å². The maximum Gasteiger partial charge on any atom is 0.188 e. The van der Waals surface area contributed by atoms with Gasteiger partial charge in [0.05, 0.1) is 21.8 Å². The first kappa shape index (κ1) is 33.0. The van der Waals surface area contributed by atoms with E-state index in [1.807, 2.05) is 0 Å². The highest BCUT2D eigenvalue weighted by Gasteiger charge is 2.49. The molecular weight excluding hydrogens is 719 g/mol. The van der Waals surface area contributed by atoms with E-state index in [0.29, 0.717) is 0 Å². The fourth-order valence-corrected chi connectivity index (χ4v) is 15.5.